The van der Waals surface area contributed by atoms with Gasteiger partial charge in [0.1, 0.15) is 18.2 Å². The molecule has 0 fully saturated rings. The van der Waals surface area contributed by atoms with Crippen molar-refractivity contribution in [2.45, 2.75) is 13.2 Å². The van der Waals surface area contributed by atoms with Gasteiger partial charge in [-0.1, -0.05) is 29.8 Å². The van der Waals surface area contributed by atoms with E-state index in [9.17, 15) is 4.39 Å². The average molecular weight is 373 g/mol. The van der Waals surface area contributed by atoms with Gasteiger partial charge in [0.2, 0.25) is 0 Å². The van der Waals surface area contributed by atoms with Crippen molar-refractivity contribution < 1.29 is 13.9 Å². The summed E-state index contributed by atoms with van der Waals surface area (Å²) in [4.78, 5) is 4.22. The first-order chi connectivity index (χ1) is 12.7. The Balaban J connectivity index is 1.71. The van der Waals surface area contributed by atoms with Crippen LogP contribution in [0.3, 0.4) is 0 Å². The maximum atomic E-state index is 13.0. The highest BCUT2D eigenvalue weighted by molar-refractivity contribution is 6.32. The molecule has 6 heteroatoms. The maximum Gasteiger partial charge on any atom is 0.180 e. The molecule has 0 atom stereocenters. The smallest absolute Gasteiger partial charge is 0.180 e. The second kappa shape index (κ2) is 8.54. The molecule has 1 heterocycles. The largest absolute Gasteiger partial charge is 0.493 e. The van der Waals surface area contributed by atoms with Crippen LogP contribution in [0.4, 0.5) is 10.2 Å². The Labute approximate surface area is 156 Å². The molecule has 0 aliphatic carbocycles. The fraction of sp³-hybridized carbons (Fsp3) is 0.150. The summed E-state index contributed by atoms with van der Waals surface area (Å²) in [6, 6.07) is 15.5. The standard InChI is InChI=1S/C20H18ClFN2O2/c1-25-18-11-15(12-24-19-4-2-3-9-23-19)10-17(21)20(18)26-13-14-5-7-16(22)8-6-14/h2-11H,12-13H2,1H3,(H,23,24). The minimum absolute atomic E-state index is 0.266. The number of benzene rings is 2. The van der Waals surface area contributed by atoms with Crippen LogP contribution in [0.2, 0.25) is 5.02 Å². The summed E-state index contributed by atoms with van der Waals surface area (Å²) >= 11 is 6.38. The van der Waals surface area contributed by atoms with Crippen LogP contribution in [0.1, 0.15) is 11.1 Å². The molecule has 0 saturated carbocycles. The lowest BCUT2D eigenvalue weighted by molar-refractivity contribution is 0.284. The molecule has 0 bridgehead atoms. The summed E-state index contributed by atoms with van der Waals surface area (Å²) < 4.78 is 24.2. The van der Waals surface area contributed by atoms with E-state index in [2.05, 4.69) is 10.3 Å². The first-order valence-electron chi connectivity index (χ1n) is 8.04. The molecule has 0 amide bonds. The van der Waals surface area contributed by atoms with Crippen molar-refractivity contribution in [3.8, 4) is 11.5 Å². The molecule has 134 valence electrons. The van der Waals surface area contributed by atoms with Crippen LogP contribution in [0.25, 0.3) is 0 Å². The molecule has 3 aromatic rings. The van der Waals surface area contributed by atoms with Crippen molar-refractivity contribution in [3.05, 3.63) is 82.8 Å². The van der Waals surface area contributed by atoms with Gasteiger partial charge in [0.15, 0.2) is 11.5 Å². The lowest BCUT2D eigenvalue weighted by Crippen LogP contribution is -2.03. The summed E-state index contributed by atoms with van der Waals surface area (Å²) in [5.74, 6) is 1.49. The molecule has 0 unspecified atom stereocenters. The van der Waals surface area contributed by atoms with E-state index in [4.69, 9.17) is 21.1 Å². The van der Waals surface area contributed by atoms with Crippen molar-refractivity contribution in [1.82, 2.24) is 4.98 Å². The second-order valence-electron chi connectivity index (χ2n) is 5.59. The predicted molar refractivity (Wildman–Crippen MR) is 100 cm³/mol. The van der Waals surface area contributed by atoms with Gasteiger partial charge in [0.05, 0.1) is 12.1 Å². The molecule has 0 aliphatic rings. The van der Waals surface area contributed by atoms with E-state index in [-0.39, 0.29) is 12.4 Å². The minimum Gasteiger partial charge on any atom is -0.493 e. The summed E-state index contributed by atoms with van der Waals surface area (Å²) in [7, 11) is 1.56. The highest BCUT2D eigenvalue weighted by Crippen LogP contribution is 2.37. The fourth-order valence-corrected chi connectivity index (χ4v) is 2.70. The molecular formula is C20H18ClFN2O2. The topological polar surface area (TPSA) is 43.4 Å². The van der Waals surface area contributed by atoms with E-state index in [1.807, 2.05) is 30.3 Å². The Kier molecular flexibility index (Phi) is 5.92. The van der Waals surface area contributed by atoms with Crippen molar-refractivity contribution in [1.29, 1.82) is 0 Å². The lowest BCUT2D eigenvalue weighted by atomic mass is 10.2. The second-order valence-corrected chi connectivity index (χ2v) is 6.00. The molecular weight excluding hydrogens is 355 g/mol. The number of halogens is 2. The molecule has 26 heavy (non-hydrogen) atoms. The van der Waals surface area contributed by atoms with Crippen LogP contribution in [-0.2, 0) is 13.2 Å². The van der Waals surface area contributed by atoms with Gasteiger partial charge in [-0.15, -0.1) is 0 Å². The van der Waals surface area contributed by atoms with Crippen molar-refractivity contribution in [2.24, 2.45) is 0 Å². The quantitative estimate of drug-likeness (QED) is 0.628. The highest BCUT2D eigenvalue weighted by Gasteiger charge is 2.12. The Hall–Kier alpha value is -2.79. The molecule has 1 N–H and O–H groups in total. The summed E-state index contributed by atoms with van der Waals surface area (Å²) in [5.41, 5.74) is 1.78. The third kappa shape index (κ3) is 4.64. The molecule has 4 nitrogen and oxygen atoms in total. The zero-order valence-corrected chi connectivity index (χ0v) is 15.0. The number of hydrogen-bond donors (Lipinski definition) is 1. The van der Waals surface area contributed by atoms with Crippen LogP contribution in [-0.4, -0.2) is 12.1 Å². The Morgan fingerprint density at radius 2 is 1.88 bits per heavy atom. The lowest BCUT2D eigenvalue weighted by Gasteiger charge is -2.15. The number of pyridine rings is 1. The molecule has 0 aliphatic heterocycles. The van der Waals surface area contributed by atoms with Gasteiger partial charge in [-0.25, -0.2) is 9.37 Å². The Morgan fingerprint density at radius 1 is 1.08 bits per heavy atom. The van der Waals surface area contributed by atoms with Crippen LogP contribution < -0.4 is 14.8 Å². The number of ether oxygens (including phenoxy) is 2. The number of methoxy groups -OCH3 is 1. The van der Waals surface area contributed by atoms with Gasteiger partial charge in [-0.05, 0) is 47.5 Å². The van der Waals surface area contributed by atoms with Crippen molar-refractivity contribution in [2.75, 3.05) is 12.4 Å². The maximum absolute atomic E-state index is 13.0. The van der Waals surface area contributed by atoms with Gasteiger partial charge < -0.3 is 14.8 Å². The van der Waals surface area contributed by atoms with Gasteiger partial charge in [-0.2, -0.15) is 0 Å². The molecule has 3 rings (SSSR count). The first kappa shape index (κ1) is 18.0. The van der Waals surface area contributed by atoms with E-state index >= 15 is 0 Å². The molecule has 0 saturated heterocycles. The molecule has 0 spiro atoms. The normalized spacial score (nSPS) is 10.4. The number of nitrogens with one attached hydrogen (secondary N) is 1. The van der Waals surface area contributed by atoms with Gasteiger partial charge in [-0.3, -0.25) is 0 Å². The van der Waals surface area contributed by atoms with Crippen LogP contribution in [0, 0.1) is 5.82 Å². The number of rotatable bonds is 7. The van der Waals surface area contributed by atoms with Crippen LogP contribution in [0.5, 0.6) is 11.5 Å². The molecule has 0 radical (unpaired) electrons. The monoisotopic (exact) mass is 372 g/mol. The zero-order chi connectivity index (χ0) is 18.4. The summed E-state index contributed by atoms with van der Waals surface area (Å²) in [6.07, 6.45) is 1.72. The van der Waals surface area contributed by atoms with E-state index < -0.39 is 0 Å². The zero-order valence-electron chi connectivity index (χ0n) is 14.2. The SMILES string of the molecule is COc1cc(CNc2ccccn2)cc(Cl)c1OCc1ccc(F)cc1. The van der Waals surface area contributed by atoms with Gasteiger partial charge in [0.25, 0.3) is 0 Å². The number of hydrogen-bond acceptors (Lipinski definition) is 4. The summed E-state index contributed by atoms with van der Waals surface area (Å²) in [6.45, 7) is 0.813. The van der Waals surface area contributed by atoms with E-state index in [1.54, 1.807) is 25.4 Å². The molecule has 2 aromatic carbocycles. The first-order valence-corrected chi connectivity index (χ1v) is 8.42. The van der Waals surface area contributed by atoms with Crippen molar-refractivity contribution >= 4 is 17.4 Å². The summed E-state index contributed by atoms with van der Waals surface area (Å²) in [5, 5.41) is 3.67. The number of anilines is 1. The van der Waals surface area contributed by atoms with Gasteiger partial charge >= 0.3 is 0 Å². The third-order valence-electron chi connectivity index (χ3n) is 3.72. The minimum atomic E-state index is -0.283. The average Bonchev–Trinajstić information content (AvgIpc) is 2.67. The highest BCUT2D eigenvalue weighted by atomic mass is 35.5. The fourth-order valence-electron chi connectivity index (χ4n) is 2.41. The van der Waals surface area contributed by atoms with Crippen LogP contribution in [0.15, 0.2) is 60.8 Å². The number of aromatic nitrogens is 1. The number of nitrogens with zero attached hydrogens (tertiary/aromatic N) is 1. The van der Waals surface area contributed by atoms with Crippen molar-refractivity contribution in [3.63, 3.8) is 0 Å². The van der Waals surface area contributed by atoms with Crippen LogP contribution >= 0.6 is 11.6 Å². The third-order valence-corrected chi connectivity index (χ3v) is 4.00. The van der Waals surface area contributed by atoms with E-state index in [1.165, 1.54) is 12.1 Å². The van der Waals surface area contributed by atoms with E-state index in [0.29, 0.717) is 23.1 Å². The Morgan fingerprint density at radius 3 is 2.58 bits per heavy atom. The Bertz CT molecular complexity index is 858. The van der Waals surface area contributed by atoms with Gasteiger partial charge in [0, 0.05) is 12.7 Å². The predicted octanol–water partition coefficient (Wildman–Crippen LogP) is 5.07. The molecule has 1 aromatic heterocycles. The van der Waals surface area contributed by atoms with E-state index in [0.717, 1.165) is 16.9 Å².